The first-order valence-corrected chi connectivity index (χ1v) is 7.55. The summed E-state index contributed by atoms with van der Waals surface area (Å²) in [5.74, 6) is 0. The lowest BCUT2D eigenvalue weighted by atomic mass is 10.9. The lowest BCUT2D eigenvalue weighted by Gasteiger charge is -2.16. The minimum atomic E-state index is -5.74. The van der Waals surface area contributed by atoms with Crippen molar-refractivity contribution in [3.8, 4) is 0 Å². The summed E-state index contributed by atoms with van der Waals surface area (Å²) >= 11 is 0. The van der Waals surface area contributed by atoms with Crippen LogP contribution < -0.4 is 0 Å². The van der Waals surface area contributed by atoms with Gasteiger partial charge in [0.25, 0.3) is 0 Å². The molecule has 0 saturated carbocycles. The molecule has 17 heavy (non-hydrogen) atoms. The molecule has 0 aliphatic carbocycles. The molecule has 0 heterocycles. The van der Waals surface area contributed by atoms with Gasteiger partial charge in [0.05, 0.1) is 6.61 Å². The first-order valence-electron chi connectivity index (χ1n) is 4.42. The largest absolute Gasteiger partial charge is 0.523 e. The van der Waals surface area contributed by atoms with Gasteiger partial charge in [0.2, 0.25) is 0 Å². The Labute approximate surface area is 96.7 Å². The third kappa shape index (κ3) is 5.35. The van der Waals surface area contributed by atoms with Crippen LogP contribution in [0.5, 0.6) is 0 Å². The molecule has 0 radical (unpaired) electrons. The standard InChI is InChI=1S/C6H12F3O6PS/c1-3-13-16(10,4-2)14-5-15-17(11,12)6(7,8)9/h3-5H2,1-2H3. The van der Waals surface area contributed by atoms with Crippen LogP contribution in [0.25, 0.3) is 0 Å². The molecule has 0 fully saturated rings. The van der Waals surface area contributed by atoms with Crippen molar-refractivity contribution in [2.75, 3.05) is 19.6 Å². The monoisotopic (exact) mass is 300 g/mol. The molecule has 104 valence electrons. The first kappa shape index (κ1) is 16.9. The summed E-state index contributed by atoms with van der Waals surface area (Å²) < 4.78 is 80.4. The molecule has 0 aliphatic rings. The summed E-state index contributed by atoms with van der Waals surface area (Å²) in [5.41, 5.74) is -5.54. The van der Waals surface area contributed by atoms with Crippen LogP contribution in [0.2, 0.25) is 0 Å². The molecule has 0 aromatic carbocycles. The summed E-state index contributed by atoms with van der Waals surface area (Å²) in [7, 11) is -9.34. The molecule has 0 N–H and O–H groups in total. The van der Waals surface area contributed by atoms with Gasteiger partial charge < -0.3 is 4.52 Å². The Bertz CT molecular complexity index is 378. The van der Waals surface area contributed by atoms with Gasteiger partial charge in [-0.15, -0.1) is 0 Å². The van der Waals surface area contributed by atoms with Crippen LogP contribution >= 0.6 is 7.60 Å². The Morgan fingerprint density at radius 1 is 1.18 bits per heavy atom. The van der Waals surface area contributed by atoms with E-state index in [0.717, 1.165) is 0 Å². The van der Waals surface area contributed by atoms with Crippen molar-refractivity contribution < 1.29 is 39.4 Å². The number of rotatable bonds is 7. The zero-order chi connectivity index (χ0) is 13.7. The van der Waals surface area contributed by atoms with Crippen LogP contribution in [-0.4, -0.2) is 33.5 Å². The van der Waals surface area contributed by atoms with Crippen LogP contribution in [0.3, 0.4) is 0 Å². The summed E-state index contributed by atoms with van der Waals surface area (Å²) in [6, 6.07) is 0. The number of hydrogen-bond donors (Lipinski definition) is 0. The topological polar surface area (TPSA) is 78.9 Å². The smallest absolute Gasteiger partial charge is 0.309 e. The zero-order valence-electron chi connectivity index (χ0n) is 9.06. The number of halogens is 3. The zero-order valence-corrected chi connectivity index (χ0v) is 10.8. The molecule has 0 spiro atoms. The first-order chi connectivity index (χ1) is 7.58. The van der Waals surface area contributed by atoms with Gasteiger partial charge in [-0.2, -0.15) is 21.6 Å². The van der Waals surface area contributed by atoms with Gasteiger partial charge in [0.15, 0.2) is 6.79 Å². The van der Waals surface area contributed by atoms with Gasteiger partial charge >= 0.3 is 23.2 Å². The van der Waals surface area contributed by atoms with Crippen LogP contribution in [0.4, 0.5) is 13.2 Å². The Balaban J connectivity index is 4.38. The van der Waals surface area contributed by atoms with E-state index in [-0.39, 0.29) is 12.8 Å². The highest BCUT2D eigenvalue weighted by molar-refractivity contribution is 7.87. The molecule has 6 nitrogen and oxygen atoms in total. The quantitative estimate of drug-likeness (QED) is 0.310. The number of alkyl halides is 3. The molecule has 11 heteroatoms. The van der Waals surface area contributed by atoms with E-state index in [2.05, 4.69) is 13.2 Å². The molecule has 0 amide bonds. The molecule has 1 unspecified atom stereocenters. The minimum absolute atomic E-state index is 0.0111. The summed E-state index contributed by atoms with van der Waals surface area (Å²) in [6.45, 7) is 1.61. The maximum Gasteiger partial charge on any atom is 0.523 e. The van der Waals surface area contributed by atoms with E-state index in [1.807, 2.05) is 0 Å². The Morgan fingerprint density at radius 2 is 1.71 bits per heavy atom. The van der Waals surface area contributed by atoms with Crippen molar-refractivity contribution in [3.63, 3.8) is 0 Å². The highest BCUT2D eigenvalue weighted by atomic mass is 32.2. The highest BCUT2D eigenvalue weighted by Gasteiger charge is 2.47. The fraction of sp³-hybridized carbons (Fsp3) is 1.00. The van der Waals surface area contributed by atoms with E-state index in [1.54, 1.807) is 0 Å². The fourth-order valence-electron chi connectivity index (χ4n) is 0.649. The Kier molecular flexibility index (Phi) is 6.09. The van der Waals surface area contributed by atoms with Crippen LogP contribution in [0.15, 0.2) is 0 Å². The average Bonchev–Trinajstić information content (AvgIpc) is 2.16. The molecule has 0 saturated heterocycles. The van der Waals surface area contributed by atoms with Gasteiger partial charge in [-0.25, -0.2) is 4.18 Å². The Morgan fingerprint density at radius 3 is 2.06 bits per heavy atom. The Hall–Kier alpha value is -0.150. The summed E-state index contributed by atoms with van der Waals surface area (Å²) in [5, 5.41) is 0. The van der Waals surface area contributed by atoms with Crippen molar-refractivity contribution in [2.45, 2.75) is 19.4 Å². The predicted octanol–water partition coefficient (Wildman–Crippen LogP) is 2.08. The normalized spacial score (nSPS) is 16.8. The second-order valence-corrected chi connectivity index (χ2v) is 6.59. The van der Waals surface area contributed by atoms with Gasteiger partial charge in [-0.3, -0.25) is 9.09 Å². The maximum absolute atomic E-state index is 11.8. The molecular formula is C6H12F3O6PS. The SMILES string of the molecule is CCOP(=O)(CC)OCOS(=O)(=O)C(F)(F)F. The van der Waals surface area contributed by atoms with Crippen molar-refractivity contribution >= 4 is 17.7 Å². The maximum atomic E-state index is 11.8. The van der Waals surface area contributed by atoms with E-state index in [9.17, 15) is 26.2 Å². The van der Waals surface area contributed by atoms with Crippen molar-refractivity contribution in [1.29, 1.82) is 0 Å². The second-order valence-electron chi connectivity index (χ2n) is 2.61. The molecule has 0 aliphatic heterocycles. The lowest BCUT2D eigenvalue weighted by molar-refractivity contribution is -0.0594. The highest BCUT2D eigenvalue weighted by Crippen LogP contribution is 2.47. The van der Waals surface area contributed by atoms with E-state index >= 15 is 0 Å². The van der Waals surface area contributed by atoms with Crippen LogP contribution in [0.1, 0.15) is 13.8 Å². The fourth-order valence-corrected chi connectivity index (χ4v) is 2.07. The summed E-state index contributed by atoms with van der Waals surface area (Å²) in [4.78, 5) is 0. The molecule has 0 rings (SSSR count). The molecule has 0 bridgehead atoms. The minimum Gasteiger partial charge on any atom is -0.309 e. The van der Waals surface area contributed by atoms with Gasteiger partial charge in [0, 0.05) is 6.16 Å². The second kappa shape index (κ2) is 6.14. The predicted molar refractivity (Wildman–Crippen MR) is 51.8 cm³/mol. The van der Waals surface area contributed by atoms with Crippen molar-refractivity contribution in [2.24, 2.45) is 0 Å². The third-order valence-corrected chi connectivity index (χ3v) is 4.35. The van der Waals surface area contributed by atoms with Crippen molar-refractivity contribution in [1.82, 2.24) is 0 Å². The number of hydrogen-bond acceptors (Lipinski definition) is 6. The van der Waals surface area contributed by atoms with Gasteiger partial charge in [-0.1, -0.05) is 6.92 Å². The van der Waals surface area contributed by atoms with E-state index in [0.29, 0.717) is 0 Å². The lowest BCUT2D eigenvalue weighted by Crippen LogP contribution is -2.26. The van der Waals surface area contributed by atoms with E-state index in [1.165, 1.54) is 13.8 Å². The van der Waals surface area contributed by atoms with Gasteiger partial charge in [-0.05, 0) is 6.92 Å². The van der Waals surface area contributed by atoms with E-state index in [4.69, 9.17) is 0 Å². The van der Waals surface area contributed by atoms with Crippen LogP contribution in [0, 0.1) is 0 Å². The van der Waals surface area contributed by atoms with Crippen LogP contribution in [-0.2, 0) is 27.9 Å². The van der Waals surface area contributed by atoms with Gasteiger partial charge in [0.1, 0.15) is 0 Å². The van der Waals surface area contributed by atoms with E-state index < -0.39 is 30.0 Å². The molecular weight excluding hydrogens is 288 g/mol. The average molecular weight is 300 g/mol. The molecule has 1 atom stereocenters. The van der Waals surface area contributed by atoms with Crippen molar-refractivity contribution in [3.05, 3.63) is 0 Å². The molecule has 0 aromatic heterocycles. The molecule has 0 aromatic rings. The third-order valence-electron chi connectivity index (χ3n) is 1.45. The summed E-state index contributed by atoms with van der Waals surface area (Å²) in [6.07, 6.45) is -0.115.